The molecule has 1 unspecified atom stereocenters. The third-order valence-corrected chi connectivity index (χ3v) is 4.84. The van der Waals surface area contributed by atoms with Gasteiger partial charge in [-0.1, -0.05) is 24.3 Å². The zero-order valence-corrected chi connectivity index (χ0v) is 18.8. The summed E-state index contributed by atoms with van der Waals surface area (Å²) >= 11 is 0. The van der Waals surface area contributed by atoms with Gasteiger partial charge in [0.25, 0.3) is 0 Å². The molecular formula is C21H28IN3O3. The predicted molar refractivity (Wildman–Crippen MR) is 122 cm³/mol. The van der Waals surface area contributed by atoms with E-state index in [1.165, 1.54) is 11.1 Å². The van der Waals surface area contributed by atoms with Gasteiger partial charge in [-0.05, 0) is 36.2 Å². The fourth-order valence-corrected chi connectivity index (χ4v) is 3.31. The first-order valence-electron chi connectivity index (χ1n) is 9.11. The van der Waals surface area contributed by atoms with Crippen LogP contribution < -0.4 is 10.1 Å². The van der Waals surface area contributed by atoms with Gasteiger partial charge in [-0.3, -0.25) is 4.99 Å². The van der Waals surface area contributed by atoms with E-state index in [2.05, 4.69) is 34.3 Å². The lowest BCUT2D eigenvalue weighted by atomic mass is 10.0. The van der Waals surface area contributed by atoms with Crippen LogP contribution in [0.4, 0.5) is 0 Å². The third kappa shape index (κ3) is 5.29. The van der Waals surface area contributed by atoms with Crippen molar-refractivity contribution in [3.63, 3.8) is 0 Å². The monoisotopic (exact) mass is 497 g/mol. The van der Waals surface area contributed by atoms with Crippen LogP contribution in [0.3, 0.4) is 0 Å². The Balaban J connectivity index is 0.00000280. The van der Waals surface area contributed by atoms with Crippen LogP contribution in [0.2, 0.25) is 0 Å². The second kappa shape index (κ2) is 10.5. The number of aliphatic imine (C=N–C) groups is 1. The number of halogens is 1. The van der Waals surface area contributed by atoms with E-state index in [0.29, 0.717) is 18.9 Å². The Morgan fingerprint density at radius 3 is 2.82 bits per heavy atom. The molecule has 152 valence electrons. The van der Waals surface area contributed by atoms with E-state index < -0.39 is 0 Å². The zero-order chi connectivity index (χ0) is 19.2. The molecule has 0 radical (unpaired) electrons. The van der Waals surface area contributed by atoms with E-state index in [9.17, 15) is 5.11 Å². The second-order valence-corrected chi connectivity index (χ2v) is 6.56. The number of phenolic OH excluding ortho intramolecular Hbond substituents is 1. The Bertz CT molecular complexity index is 813. The maximum atomic E-state index is 10.1. The molecule has 0 aromatic heterocycles. The first kappa shape index (κ1) is 22.3. The third-order valence-electron chi connectivity index (χ3n) is 4.84. The fourth-order valence-electron chi connectivity index (χ4n) is 3.31. The number of benzene rings is 2. The number of rotatable bonds is 4. The van der Waals surface area contributed by atoms with E-state index in [1.807, 2.05) is 18.2 Å². The van der Waals surface area contributed by atoms with Crippen molar-refractivity contribution in [1.82, 2.24) is 10.2 Å². The van der Waals surface area contributed by atoms with Gasteiger partial charge in [-0.2, -0.15) is 0 Å². The minimum Gasteiger partial charge on any atom is -0.508 e. The molecule has 0 spiro atoms. The maximum absolute atomic E-state index is 10.1. The van der Waals surface area contributed by atoms with Crippen LogP contribution in [0, 0.1) is 6.92 Å². The van der Waals surface area contributed by atoms with Crippen LogP contribution in [-0.2, 0) is 11.3 Å². The molecule has 28 heavy (non-hydrogen) atoms. The van der Waals surface area contributed by atoms with Gasteiger partial charge in [0.05, 0.1) is 20.3 Å². The first-order valence-corrected chi connectivity index (χ1v) is 9.11. The molecular weight excluding hydrogens is 469 g/mol. The van der Waals surface area contributed by atoms with Crippen LogP contribution in [-0.4, -0.2) is 49.8 Å². The molecule has 1 aliphatic rings. The highest BCUT2D eigenvalue weighted by molar-refractivity contribution is 14.0. The predicted octanol–water partition coefficient (Wildman–Crippen LogP) is 3.48. The molecule has 1 fully saturated rings. The summed E-state index contributed by atoms with van der Waals surface area (Å²) in [4.78, 5) is 6.60. The number of morpholine rings is 1. The van der Waals surface area contributed by atoms with Crippen LogP contribution in [0.5, 0.6) is 11.5 Å². The van der Waals surface area contributed by atoms with Gasteiger partial charge >= 0.3 is 0 Å². The topological polar surface area (TPSA) is 66.3 Å². The minimum atomic E-state index is 0. The second-order valence-electron chi connectivity index (χ2n) is 6.56. The molecule has 1 atom stereocenters. The highest BCUT2D eigenvalue weighted by Gasteiger charge is 2.25. The fraction of sp³-hybridized carbons (Fsp3) is 0.381. The number of nitrogens with zero attached hydrogens (tertiary/aromatic N) is 2. The summed E-state index contributed by atoms with van der Waals surface area (Å²) in [5.74, 6) is 1.74. The van der Waals surface area contributed by atoms with Crippen molar-refractivity contribution >= 4 is 29.9 Å². The summed E-state index contributed by atoms with van der Waals surface area (Å²) in [6.07, 6.45) is 0.0173. The summed E-state index contributed by atoms with van der Waals surface area (Å²) in [5.41, 5.74) is 3.20. The summed E-state index contributed by atoms with van der Waals surface area (Å²) in [6.45, 7) is 4.71. The van der Waals surface area contributed by atoms with Crippen molar-refractivity contribution in [2.75, 3.05) is 33.9 Å². The average molecular weight is 497 g/mol. The number of hydrogen-bond donors (Lipinski definition) is 2. The Labute approximate surface area is 183 Å². The quantitative estimate of drug-likeness (QED) is 0.385. The molecule has 0 amide bonds. The summed E-state index contributed by atoms with van der Waals surface area (Å²) < 4.78 is 11.2. The van der Waals surface area contributed by atoms with Crippen molar-refractivity contribution in [2.45, 2.75) is 19.6 Å². The number of guanidine groups is 1. The number of aromatic hydroxyl groups is 1. The minimum absolute atomic E-state index is 0. The molecule has 2 aromatic rings. The van der Waals surface area contributed by atoms with Crippen molar-refractivity contribution < 1.29 is 14.6 Å². The van der Waals surface area contributed by atoms with Crippen molar-refractivity contribution in [1.29, 1.82) is 0 Å². The number of methoxy groups -OCH3 is 1. The average Bonchev–Trinajstić information content (AvgIpc) is 2.70. The standard InChI is InChI=1S/C21H27N3O3.HI/c1-15-6-4-5-7-18(15)20-14-24(10-11-27-20)21(22-2)23-13-16-12-17(26-3)8-9-19(16)25;/h4-9,12,20,25H,10-11,13-14H2,1-3H3,(H,22,23);1H. The summed E-state index contributed by atoms with van der Waals surface area (Å²) in [5, 5.41) is 13.4. The number of ether oxygens (including phenoxy) is 2. The Hall–Kier alpha value is -2.00. The van der Waals surface area contributed by atoms with Gasteiger partial charge in [-0.15, -0.1) is 24.0 Å². The van der Waals surface area contributed by atoms with Gasteiger partial charge in [0.2, 0.25) is 0 Å². The Kier molecular flexibility index (Phi) is 8.37. The van der Waals surface area contributed by atoms with Crippen LogP contribution in [0.25, 0.3) is 0 Å². The number of hydrogen-bond acceptors (Lipinski definition) is 4. The molecule has 1 heterocycles. The molecule has 1 aliphatic heterocycles. The molecule has 2 aromatic carbocycles. The summed E-state index contributed by atoms with van der Waals surface area (Å²) in [6, 6.07) is 13.5. The van der Waals surface area contributed by atoms with Gasteiger partial charge in [-0.25, -0.2) is 0 Å². The normalized spacial score (nSPS) is 17.0. The van der Waals surface area contributed by atoms with E-state index in [0.717, 1.165) is 24.6 Å². The largest absolute Gasteiger partial charge is 0.508 e. The Morgan fingerprint density at radius 2 is 2.11 bits per heavy atom. The molecule has 3 rings (SSSR count). The number of aryl methyl sites for hydroxylation is 1. The molecule has 1 saturated heterocycles. The Morgan fingerprint density at radius 1 is 1.32 bits per heavy atom. The molecule has 6 nitrogen and oxygen atoms in total. The number of phenols is 1. The smallest absolute Gasteiger partial charge is 0.194 e. The van der Waals surface area contributed by atoms with Crippen molar-refractivity contribution in [2.24, 2.45) is 4.99 Å². The van der Waals surface area contributed by atoms with E-state index in [4.69, 9.17) is 9.47 Å². The van der Waals surface area contributed by atoms with E-state index in [-0.39, 0.29) is 35.8 Å². The maximum Gasteiger partial charge on any atom is 0.194 e. The lowest BCUT2D eigenvalue weighted by molar-refractivity contribution is -0.00834. The van der Waals surface area contributed by atoms with Crippen molar-refractivity contribution in [3.05, 3.63) is 59.2 Å². The highest BCUT2D eigenvalue weighted by atomic mass is 127. The van der Waals surface area contributed by atoms with E-state index >= 15 is 0 Å². The lowest BCUT2D eigenvalue weighted by Crippen LogP contribution is -2.48. The molecule has 2 N–H and O–H groups in total. The van der Waals surface area contributed by atoms with E-state index in [1.54, 1.807) is 26.3 Å². The van der Waals surface area contributed by atoms with Crippen LogP contribution in [0.15, 0.2) is 47.5 Å². The van der Waals surface area contributed by atoms with Gasteiger partial charge in [0, 0.05) is 25.7 Å². The molecule has 0 bridgehead atoms. The zero-order valence-electron chi connectivity index (χ0n) is 16.5. The van der Waals surface area contributed by atoms with Gasteiger partial charge in [0.15, 0.2) is 5.96 Å². The highest BCUT2D eigenvalue weighted by Crippen LogP contribution is 2.25. The van der Waals surface area contributed by atoms with Gasteiger partial charge < -0.3 is 24.8 Å². The van der Waals surface area contributed by atoms with Crippen LogP contribution >= 0.6 is 24.0 Å². The lowest BCUT2D eigenvalue weighted by Gasteiger charge is -2.35. The van der Waals surface area contributed by atoms with Crippen LogP contribution in [0.1, 0.15) is 22.8 Å². The number of nitrogens with one attached hydrogen (secondary N) is 1. The first-order chi connectivity index (χ1) is 13.1. The van der Waals surface area contributed by atoms with Crippen molar-refractivity contribution in [3.8, 4) is 11.5 Å². The van der Waals surface area contributed by atoms with Gasteiger partial charge in [0.1, 0.15) is 17.6 Å². The molecule has 0 saturated carbocycles. The SMILES string of the molecule is CN=C(NCc1cc(OC)ccc1O)N1CCOC(c2ccccc2C)C1.I. The molecule has 7 heteroatoms. The molecule has 0 aliphatic carbocycles. The summed E-state index contributed by atoms with van der Waals surface area (Å²) in [7, 11) is 3.38.